The van der Waals surface area contributed by atoms with E-state index in [1.165, 1.54) is 0 Å². The van der Waals surface area contributed by atoms with Gasteiger partial charge in [0, 0.05) is 36.8 Å². The molecule has 0 fully saturated rings. The Kier molecular flexibility index (Phi) is 5.41. The molecule has 5 rings (SSSR count). The number of anilines is 1. The largest absolute Gasteiger partial charge is 0.491 e. The van der Waals surface area contributed by atoms with E-state index in [1.807, 2.05) is 41.3 Å². The molecule has 1 unspecified atom stereocenters. The minimum atomic E-state index is -0.879. The average molecular weight is 437 g/mol. The van der Waals surface area contributed by atoms with Gasteiger partial charge in [-0.25, -0.2) is 0 Å². The molecule has 0 aliphatic carbocycles. The molecule has 0 bridgehead atoms. The van der Waals surface area contributed by atoms with Gasteiger partial charge in [-0.15, -0.1) is 0 Å². The van der Waals surface area contributed by atoms with Crippen molar-refractivity contribution in [2.75, 3.05) is 31.4 Å². The number of unbranched alkanes of at least 4 members (excludes halogenated alkanes) is 2. The van der Waals surface area contributed by atoms with Crippen LogP contribution in [0, 0.1) is 0 Å². The quantitative estimate of drug-likeness (QED) is 0.641. The van der Waals surface area contributed by atoms with E-state index < -0.39 is 5.41 Å². The number of carbonyl (C=O) groups is 2. The summed E-state index contributed by atoms with van der Waals surface area (Å²) in [7, 11) is 0. The predicted octanol–water partition coefficient (Wildman–Crippen LogP) is 3.53. The summed E-state index contributed by atoms with van der Waals surface area (Å²) in [6, 6.07) is 11.6. The molecule has 2 amide bonds. The number of hydrogen-bond acceptors (Lipinski definition) is 5. The third-order valence-electron chi connectivity index (χ3n) is 6.53. The summed E-state index contributed by atoms with van der Waals surface area (Å²) in [6.45, 7) is 3.64. The first-order valence-electron chi connectivity index (χ1n) is 11.4. The molecule has 168 valence electrons. The van der Waals surface area contributed by atoms with E-state index in [2.05, 4.69) is 12.2 Å². The monoisotopic (exact) mass is 436 g/mol. The van der Waals surface area contributed by atoms with Crippen LogP contribution in [0.2, 0.25) is 0 Å². The maximum atomic E-state index is 13.8. The fourth-order valence-corrected chi connectivity index (χ4v) is 4.88. The standard InChI is InChI=1S/C25H28N2O5/c1-2-3-4-10-23(28)26-11-7-12-27-19-9-6-5-8-17(19)25(24(27)29)15-30-20-14-22-21(13-18(20)25)31-16-32-22/h5-6,8-9,13-14H,2-4,7,10-12,15-16H2,1H3,(H,26,28). The number of fused-ring (bicyclic) bond motifs is 5. The lowest BCUT2D eigenvalue weighted by molar-refractivity contribution is -0.122. The average Bonchev–Trinajstić information content (AvgIpc) is 3.47. The zero-order valence-electron chi connectivity index (χ0n) is 18.3. The van der Waals surface area contributed by atoms with Crippen LogP contribution in [-0.4, -0.2) is 38.3 Å². The van der Waals surface area contributed by atoms with E-state index in [-0.39, 0.29) is 25.2 Å². The number of carbonyl (C=O) groups excluding carboxylic acids is 2. The first-order chi connectivity index (χ1) is 15.6. The normalized spacial score (nSPS) is 19.8. The Morgan fingerprint density at radius 2 is 1.84 bits per heavy atom. The van der Waals surface area contributed by atoms with Gasteiger partial charge in [-0.05, 0) is 30.5 Å². The molecule has 1 atom stereocenters. The molecular formula is C25H28N2O5. The van der Waals surface area contributed by atoms with Gasteiger partial charge in [-0.1, -0.05) is 38.0 Å². The number of rotatable bonds is 8. The van der Waals surface area contributed by atoms with Crippen LogP contribution >= 0.6 is 0 Å². The molecule has 3 aliphatic rings. The number of ether oxygens (including phenoxy) is 3. The van der Waals surface area contributed by atoms with Crippen molar-refractivity contribution in [2.45, 2.75) is 44.4 Å². The molecule has 7 heteroatoms. The molecule has 3 aliphatic heterocycles. The first kappa shape index (κ1) is 20.7. The first-order valence-corrected chi connectivity index (χ1v) is 11.4. The van der Waals surface area contributed by atoms with Crippen molar-refractivity contribution in [1.82, 2.24) is 5.32 Å². The number of amides is 2. The van der Waals surface area contributed by atoms with E-state index in [0.29, 0.717) is 43.2 Å². The molecule has 0 saturated heterocycles. The Morgan fingerprint density at radius 1 is 1.03 bits per heavy atom. The molecule has 7 nitrogen and oxygen atoms in total. The van der Waals surface area contributed by atoms with Crippen LogP contribution in [0.4, 0.5) is 5.69 Å². The second-order valence-electron chi connectivity index (χ2n) is 8.53. The summed E-state index contributed by atoms with van der Waals surface area (Å²) in [4.78, 5) is 27.7. The summed E-state index contributed by atoms with van der Waals surface area (Å²) in [5.41, 5.74) is 1.80. The number of hydrogen-bond donors (Lipinski definition) is 1. The summed E-state index contributed by atoms with van der Waals surface area (Å²) < 4.78 is 17.0. The Labute approximate surface area is 187 Å². The maximum absolute atomic E-state index is 13.8. The molecule has 0 radical (unpaired) electrons. The summed E-state index contributed by atoms with van der Waals surface area (Å²) in [5.74, 6) is 2.04. The molecule has 2 aromatic carbocycles. The second kappa shape index (κ2) is 8.37. The van der Waals surface area contributed by atoms with Gasteiger partial charge in [-0.3, -0.25) is 9.59 Å². The summed E-state index contributed by atoms with van der Waals surface area (Å²) in [5, 5.41) is 2.98. The van der Waals surface area contributed by atoms with Gasteiger partial charge in [0.15, 0.2) is 11.5 Å². The highest BCUT2D eigenvalue weighted by Gasteiger charge is 2.57. The molecular weight excluding hydrogens is 408 g/mol. The highest BCUT2D eigenvalue weighted by molar-refractivity contribution is 6.11. The molecule has 3 heterocycles. The zero-order chi connectivity index (χ0) is 22.1. The minimum Gasteiger partial charge on any atom is -0.491 e. The van der Waals surface area contributed by atoms with Crippen molar-refractivity contribution in [3.63, 3.8) is 0 Å². The minimum absolute atomic E-state index is 0.00517. The van der Waals surface area contributed by atoms with Crippen molar-refractivity contribution in [1.29, 1.82) is 0 Å². The fraction of sp³-hybridized carbons (Fsp3) is 0.440. The van der Waals surface area contributed by atoms with E-state index in [1.54, 1.807) is 0 Å². The van der Waals surface area contributed by atoms with Crippen molar-refractivity contribution in [3.05, 3.63) is 47.5 Å². The Hall–Kier alpha value is -3.22. The Balaban J connectivity index is 1.34. The zero-order valence-corrected chi connectivity index (χ0v) is 18.3. The van der Waals surface area contributed by atoms with Crippen molar-refractivity contribution >= 4 is 17.5 Å². The predicted molar refractivity (Wildman–Crippen MR) is 119 cm³/mol. The molecule has 32 heavy (non-hydrogen) atoms. The second-order valence-corrected chi connectivity index (χ2v) is 8.53. The van der Waals surface area contributed by atoms with Crippen molar-refractivity contribution < 1.29 is 23.8 Å². The highest BCUT2D eigenvalue weighted by atomic mass is 16.7. The van der Waals surface area contributed by atoms with Gasteiger partial charge in [0.25, 0.3) is 0 Å². The number of para-hydroxylation sites is 1. The van der Waals surface area contributed by atoms with Crippen LogP contribution in [-0.2, 0) is 15.0 Å². The van der Waals surface area contributed by atoms with Crippen LogP contribution < -0.4 is 24.4 Å². The van der Waals surface area contributed by atoms with Crippen LogP contribution in [0.5, 0.6) is 17.2 Å². The fourth-order valence-electron chi connectivity index (χ4n) is 4.88. The Morgan fingerprint density at radius 3 is 2.69 bits per heavy atom. The third kappa shape index (κ3) is 3.27. The van der Waals surface area contributed by atoms with E-state index in [9.17, 15) is 9.59 Å². The molecule has 0 aromatic heterocycles. The van der Waals surface area contributed by atoms with Crippen LogP contribution in [0.3, 0.4) is 0 Å². The van der Waals surface area contributed by atoms with Gasteiger partial charge in [-0.2, -0.15) is 0 Å². The highest BCUT2D eigenvalue weighted by Crippen LogP contribution is 2.54. The van der Waals surface area contributed by atoms with Gasteiger partial charge in [0.05, 0.1) is 0 Å². The molecule has 1 spiro atoms. The van der Waals surface area contributed by atoms with E-state index in [4.69, 9.17) is 14.2 Å². The van der Waals surface area contributed by atoms with E-state index in [0.717, 1.165) is 36.1 Å². The van der Waals surface area contributed by atoms with Gasteiger partial charge >= 0.3 is 0 Å². The lowest BCUT2D eigenvalue weighted by atomic mass is 9.77. The van der Waals surface area contributed by atoms with Crippen molar-refractivity contribution in [3.8, 4) is 17.2 Å². The van der Waals surface area contributed by atoms with Crippen LogP contribution in [0.25, 0.3) is 0 Å². The lowest BCUT2D eigenvalue weighted by Gasteiger charge is -2.23. The SMILES string of the molecule is CCCCCC(=O)NCCCN1C(=O)C2(COc3cc4c(cc32)OCO4)c2ccccc21. The van der Waals surface area contributed by atoms with Crippen molar-refractivity contribution in [2.24, 2.45) is 0 Å². The third-order valence-corrected chi connectivity index (χ3v) is 6.53. The summed E-state index contributed by atoms with van der Waals surface area (Å²) in [6.07, 6.45) is 4.33. The maximum Gasteiger partial charge on any atom is 0.245 e. The molecule has 1 N–H and O–H groups in total. The number of nitrogens with one attached hydrogen (secondary N) is 1. The van der Waals surface area contributed by atoms with Gasteiger partial charge < -0.3 is 24.4 Å². The van der Waals surface area contributed by atoms with Crippen LogP contribution in [0.15, 0.2) is 36.4 Å². The lowest BCUT2D eigenvalue weighted by Crippen LogP contribution is -2.43. The van der Waals surface area contributed by atoms with E-state index >= 15 is 0 Å². The molecule has 0 saturated carbocycles. The molecule has 2 aromatic rings. The van der Waals surface area contributed by atoms with Gasteiger partial charge in [0.1, 0.15) is 17.8 Å². The van der Waals surface area contributed by atoms with Gasteiger partial charge in [0.2, 0.25) is 18.6 Å². The van der Waals surface area contributed by atoms with Crippen LogP contribution in [0.1, 0.15) is 50.2 Å². The topological polar surface area (TPSA) is 77.1 Å². The summed E-state index contributed by atoms with van der Waals surface area (Å²) >= 11 is 0. The smallest absolute Gasteiger partial charge is 0.245 e. The Bertz CT molecular complexity index is 1050. The number of benzene rings is 2. The number of nitrogens with zero attached hydrogens (tertiary/aromatic N) is 1.